The van der Waals surface area contributed by atoms with E-state index in [1.54, 1.807) is 7.11 Å². The average Bonchev–Trinajstić information content (AvgIpc) is 2.91. The van der Waals surface area contributed by atoms with E-state index in [0.717, 1.165) is 18.7 Å². The van der Waals surface area contributed by atoms with Crippen molar-refractivity contribution in [3.63, 3.8) is 0 Å². The van der Waals surface area contributed by atoms with Crippen molar-refractivity contribution in [2.75, 3.05) is 32.1 Å². The van der Waals surface area contributed by atoms with Crippen LogP contribution in [0.5, 0.6) is 5.75 Å². The molecule has 1 atom stereocenters. The van der Waals surface area contributed by atoms with Gasteiger partial charge in [-0.1, -0.05) is 39.2 Å². The summed E-state index contributed by atoms with van der Waals surface area (Å²) >= 11 is 0. The molecule has 1 heterocycles. The number of nitrogens with zero attached hydrogens (tertiary/aromatic N) is 1. The first-order valence-corrected chi connectivity index (χ1v) is 9.34. The highest BCUT2D eigenvalue weighted by Crippen LogP contribution is 2.32. The summed E-state index contributed by atoms with van der Waals surface area (Å²) in [7, 11) is 1.75. The Morgan fingerprint density at radius 2 is 1.96 bits per heavy atom. The molecule has 0 radical (unpaired) electrons. The molecule has 1 unspecified atom stereocenters. The van der Waals surface area contributed by atoms with E-state index in [-0.39, 0.29) is 0 Å². The van der Waals surface area contributed by atoms with Crippen LogP contribution in [0.4, 0.5) is 5.69 Å². The number of anilines is 1. The molecule has 3 heteroatoms. The van der Waals surface area contributed by atoms with Crippen LogP contribution in [0.1, 0.15) is 57.1 Å². The Bertz CT molecular complexity index is 487. The monoisotopic (exact) mass is 318 g/mol. The van der Waals surface area contributed by atoms with Gasteiger partial charge in [-0.25, -0.2) is 0 Å². The standard InChI is InChI=1S/C20H34N2O/c1-5-7-8-9-11-22(10-6-2)15-18-13-17-12-16(3)20(23-4)14-19(17)21-18/h12,14,18,21H,5-11,13,15H2,1-4H3. The van der Waals surface area contributed by atoms with E-state index in [9.17, 15) is 0 Å². The van der Waals surface area contributed by atoms with E-state index in [1.165, 1.54) is 62.0 Å². The van der Waals surface area contributed by atoms with Crippen molar-refractivity contribution in [1.82, 2.24) is 4.90 Å². The topological polar surface area (TPSA) is 24.5 Å². The second kappa shape index (κ2) is 9.17. The Morgan fingerprint density at radius 3 is 2.65 bits per heavy atom. The largest absolute Gasteiger partial charge is 0.496 e. The molecule has 1 aliphatic heterocycles. The van der Waals surface area contributed by atoms with Crippen LogP contribution in [-0.4, -0.2) is 37.7 Å². The molecule has 0 fully saturated rings. The number of benzene rings is 1. The van der Waals surface area contributed by atoms with Gasteiger partial charge in [-0.15, -0.1) is 0 Å². The number of ether oxygens (including phenoxy) is 1. The minimum absolute atomic E-state index is 0.536. The van der Waals surface area contributed by atoms with Gasteiger partial charge in [0.05, 0.1) is 7.11 Å². The zero-order valence-electron chi connectivity index (χ0n) is 15.5. The van der Waals surface area contributed by atoms with Gasteiger partial charge in [0, 0.05) is 24.3 Å². The minimum atomic E-state index is 0.536. The van der Waals surface area contributed by atoms with Gasteiger partial charge in [0.2, 0.25) is 0 Å². The van der Waals surface area contributed by atoms with Crippen LogP contribution in [0.15, 0.2) is 12.1 Å². The van der Waals surface area contributed by atoms with Gasteiger partial charge in [-0.3, -0.25) is 0 Å². The lowest BCUT2D eigenvalue weighted by Crippen LogP contribution is -2.36. The highest BCUT2D eigenvalue weighted by Gasteiger charge is 2.23. The molecule has 0 aliphatic carbocycles. The van der Waals surface area contributed by atoms with Crippen molar-refractivity contribution in [2.24, 2.45) is 0 Å². The lowest BCUT2D eigenvalue weighted by molar-refractivity contribution is 0.257. The maximum atomic E-state index is 5.45. The fourth-order valence-corrected chi connectivity index (χ4v) is 3.60. The van der Waals surface area contributed by atoms with Crippen LogP contribution in [0.25, 0.3) is 0 Å². The molecule has 0 bridgehead atoms. The van der Waals surface area contributed by atoms with Gasteiger partial charge in [-0.05, 0) is 50.4 Å². The molecule has 2 rings (SSSR count). The number of rotatable bonds is 10. The maximum absolute atomic E-state index is 5.45. The summed E-state index contributed by atoms with van der Waals surface area (Å²) in [5.41, 5.74) is 3.94. The normalized spacial score (nSPS) is 16.5. The zero-order valence-corrected chi connectivity index (χ0v) is 15.5. The fraction of sp³-hybridized carbons (Fsp3) is 0.700. The first-order valence-electron chi connectivity index (χ1n) is 9.34. The van der Waals surface area contributed by atoms with Crippen LogP contribution in [0.2, 0.25) is 0 Å². The second-order valence-corrected chi connectivity index (χ2v) is 6.89. The number of methoxy groups -OCH3 is 1. The molecule has 0 amide bonds. The van der Waals surface area contributed by atoms with Crippen molar-refractivity contribution >= 4 is 5.69 Å². The molecule has 1 aromatic carbocycles. The predicted octanol–water partition coefficient (Wildman–Crippen LogP) is 4.63. The Balaban J connectivity index is 1.89. The van der Waals surface area contributed by atoms with Crippen molar-refractivity contribution in [1.29, 1.82) is 0 Å². The lowest BCUT2D eigenvalue weighted by atomic mass is 10.1. The maximum Gasteiger partial charge on any atom is 0.123 e. The molecule has 0 spiro atoms. The van der Waals surface area contributed by atoms with Gasteiger partial charge in [0.15, 0.2) is 0 Å². The highest BCUT2D eigenvalue weighted by molar-refractivity contribution is 5.62. The number of hydrogen-bond donors (Lipinski definition) is 1. The third-order valence-electron chi connectivity index (χ3n) is 4.79. The molecule has 1 N–H and O–H groups in total. The number of aryl methyl sites for hydroxylation is 1. The summed E-state index contributed by atoms with van der Waals surface area (Å²) in [6.45, 7) is 10.3. The summed E-state index contributed by atoms with van der Waals surface area (Å²) in [6, 6.07) is 4.98. The van der Waals surface area contributed by atoms with Gasteiger partial charge < -0.3 is 15.0 Å². The third-order valence-corrected chi connectivity index (χ3v) is 4.79. The third kappa shape index (κ3) is 5.13. The second-order valence-electron chi connectivity index (χ2n) is 6.89. The van der Waals surface area contributed by atoms with Crippen LogP contribution in [-0.2, 0) is 6.42 Å². The van der Waals surface area contributed by atoms with E-state index in [0.29, 0.717) is 6.04 Å². The molecule has 1 aromatic rings. The zero-order chi connectivity index (χ0) is 16.7. The van der Waals surface area contributed by atoms with Gasteiger partial charge >= 0.3 is 0 Å². The van der Waals surface area contributed by atoms with E-state index in [4.69, 9.17) is 4.74 Å². The van der Waals surface area contributed by atoms with Gasteiger partial charge in [0.25, 0.3) is 0 Å². The van der Waals surface area contributed by atoms with E-state index >= 15 is 0 Å². The highest BCUT2D eigenvalue weighted by atomic mass is 16.5. The predicted molar refractivity (Wildman–Crippen MR) is 99.7 cm³/mol. The van der Waals surface area contributed by atoms with Gasteiger partial charge in [-0.2, -0.15) is 0 Å². The van der Waals surface area contributed by atoms with Crippen LogP contribution in [0.3, 0.4) is 0 Å². The first-order chi connectivity index (χ1) is 11.2. The number of nitrogens with one attached hydrogen (secondary N) is 1. The Kier molecular flexibility index (Phi) is 7.22. The summed E-state index contributed by atoms with van der Waals surface area (Å²) in [5.74, 6) is 0.988. The molecule has 23 heavy (non-hydrogen) atoms. The summed E-state index contributed by atoms with van der Waals surface area (Å²) in [6.07, 6.45) is 7.75. The van der Waals surface area contributed by atoms with Crippen molar-refractivity contribution in [3.8, 4) is 5.75 Å². The first kappa shape index (κ1) is 18.1. The molecule has 1 aliphatic rings. The average molecular weight is 319 g/mol. The molecule has 3 nitrogen and oxygen atoms in total. The van der Waals surface area contributed by atoms with Crippen molar-refractivity contribution in [3.05, 3.63) is 23.3 Å². The summed E-state index contributed by atoms with van der Waals surface area (Å²) in [4.78, 5) is 2.64. The molecule has 0 saturated heterocycles. The molecule has 130 valence electrons. The van der Waals surface area contributed by atoms with Crippen LogP contribution >= 0.6 is 0 Å². The molecule has 0 aromatic heterocycles. The van der Waals surface area contributed by atoms with Crippen molar-refractivity contribution < 1.29 is 4.74 Å². The number of unbranched alkanes of at least 4 members (excludes halogenated alkanes) is 3. The molecule has 0 saturated carbocycles. The Hall–Kier alpha value is -1.22. The molecular weight excluding hydrogens is 284 g/mol. The van der Waals surface area contributed by atoms with Crippen molar-refractivity contribution in [2.45, 2.75) is 65.3 Å². The lowest BCUT2D eigenvalue weighted by Gasteiger charge is -2.25. The van der Waals surface area contributed by atoms with Crippen LogP contribution in [0, 0.1) is 6.92 Å². The van der Waals surface area contributed by atoms with E-state index in [1.807, 2.05) is 0 Å². The van der Waals surface area contributed by atoms with Crippen LogP contribution < -0.4 is 10.1 Å². The van der Waals surface area contributed by atoms with E-state index in [2.05, 4.69) is 43.1 Å². The SMILES string of the molecule is CCCCCCN(CCC)CC1Cc2cc(C)c(OC)cc2N1. The smallest absolute Gasteiger partial charge is 0.123 e. The quantitative estimate of drug-likeness (QED) is 0.636. The summed E-state index contributed by atoms with van der Waals surface area (Å²) < 4.78 is 5.45. The minimum Gasteiger partial charge on any atom is -0.496 e. The summed E-state index contributed by atoms with van der Waals surface area (Å²) in [5, 5.41) is 3.71. The van der Waals surface area contributed by atoms with E-state index < -0.39 is 0 Å². The Labute approximate surface area is 142 Å². The van der Waals surface area contributed by atoms with Gasteiger partial charge in [0.1, 0.15) is 5.75 Å². The fourth-order valence-electron chi connectivity index (χ4n) is 3.60. The Morgan fingerprint density at radius 1 is 1.13 bits per heavy atom. The number of hydrogen-bond acceptors (Lipinski definition) is 3. The molecular formula is C20H34N2O. The number of fused-ring (bicyclic) bond motifs is 1.